The zero-order valence-corrected chi connectivity index (χ0v) is 13.0. The number of aromatic hydroxyl groups is 1. The number of allylic oxidation sites excluding steroid dienone is 1. The molecule has 0 unspecified atom stereocenters. The Morgan fingerprint density at radius 1 is 0.833 bits per heavy atom. The Morgan fingerprint density at radius 2 is 1.54 bits per heavy atom. The van der Waals surface area contributed by atoms with Crippen LogP contribution in [0.5, 0.6) is 5.75 Å². The van der Waals surface area contributed by atoms with E-state index < -0.39 is 0 Å². The highest BCUT2D eigenvalue weighted by molar-refractivity contribution is 6.04. The fourth-order valence-electron chi connectivity index (χ4n) is 2.36. The Bertz CT molecular complexity index is 853. The van der Waals surface area contributed by atoms with Crippen molar-refractivity contribution < 1.29 is 9.90 Å². The van der Waals surface area contributed by atoms with Crippen LogP contribution in [0, 0.1) is 0 Å². The zero-order valence-electron chi connectivity index (χ0n) is 13.0. The number of benzene rings is 3. The van der Waals surface area contributed by atoms with E-state index in [0.29, 0.717) is 5.56 Å². The third-order valence-electron chi connectivity index (χ3n) is 3.61. The number of ketones is 1. The topological polar surface area (TPSA) is 49.3 Å². The molecule has 0 saturated heterocycles. The van der Waals surface area contributed by atoms with Gasteiger partial charge in [0, 0.05) is 29.6 Å². The summed E-state index contributed by atoms with van der Waals surface area (Å²) in [6, 6.07) is 24.3. The van der Waals surface area contributed by atoms with Crippen LogP contribution < -0.4 is 5.32 Å². The molecular weight excluding hydrogens is 298 g/mol. The molecule has 24 heavy (non-hydrogen) atoms. The maximum Gasteiger partial charge on any atom is 0.187 e. The van der Waals surface area contributed by atoms with Crippen molar-refractivity contribution in [2.75, 3.05) is 5.32 Å². The van der Waals surface area contributed by atoms with Crippen LogP contribution in [-0.4, -0.2) is 10.9 Å². The van der Waals surface area contributed by atoms with Gasteiger partial charge in [-0.3, -0.25) is 4.79 Å². The van der Waals surface area contributed by atoms with Gasteiger partial charge in [0.15, 0.2) is 5.78 Å². The monoisotopic (exact) mass is 315 g/mol. The minimum absolute atomic E-state index is 0.0812. The van der Waals surface area contributed by atoms with Crippen molar-refractivity contribution in [2.45, 2.75) is 0 Å². The molecule has 0 aliphatic heterocycles. The summed E-state index contributed by atoms with van der Waals surface area (Å²) in [5.41, 5.74) is 3.55. The molecule has 0 radical (unpaired) electrons. The highest BCUT2D eigenvalue weighted by Crippen LogP contribution is 2.19. The third kappa shape index (κ3) is 3.90. The molecule has 3 rings (SSSR count). The lowest BCUT2D eigenvalue weighted by Gasteiger charge is -2.03. The molecule has 0 bridgehead atoms. The van der Waals surface area contributed by atoms with E-state index in [1.807, 2.05) is 60.7 Å². The summed E-state index contributed by atoms with van der Waals surface area (Å²) in [5.74, 6) is 0.0958. The minimum Gasteiger partial charge on any atom is -0.508 e. The molecule has 0 fully saturated rings. The summed E-state index contributed by atoms with van der Waals surface area (Å²) in [6.07, 6.45) is 3.05. The maximum absolute atomic E-state index is 12.2. The molecule has 3 nitrogen and oxygen atoms in total. The molecule has 118 valence electrons. The molecule has 3 aromatic carbocycles. The van der Waals surface area contributed by atoms with Crippen LogP contribution in [0.15, 0.2) is 91.1 Å². The van der Waals surface area contributed by atoms with Crippen molar-refractivity contribution in [3.05, 3.63) is 96.7 Å². The number of phenols is 1. The average Bonchev–Trinajstić information content (AvgIpc) is 2.63. The summed E-state index contributed by atoms with van der Waals surface area (Å²) in [6.45, 7) is 0. The lowest BCUT2D eigenvalue weighted by Crippen LogP contribution is -1.96. The summed E-state index contributed by atoms with van der Waals surface area (Å²) in [4.78, 5) is 12.2. The van der Waals surface area contributed by atoms with E-state index in [1.54, 1.807) is 24.4 Å². The molecule has 3 heteroatoms. The predicted molar refractivity (Wildman–Crippen MR) is 97.1 cm³/mol. The van der Waals surface area contributed by atoms with Crippen molar-refractivity contribution in [2.24, 2.45) is 0 Å². The van der Waals surface area contributed by atoms with Crippen molar-refractivity contribution in [1.29, 1.82) is 0 Å². The maximum atomic E-state index is 12.2. The molecular formula is C21H17NO2. The lowest BCUT2D eigenvalue weighted by molar-refractivity contribution is 0.104. The zero-order chi connectivity index (χ0) is 16.8. The number of rotatable bonds is 5. The van der Waals surface area contributed by atoms with Crippen molar-refractivity contribution in [3.63, 3.8) is 0 Å². The molecule has 2 N–H and O–H groups in total. The fraction of sp³-hybridized carbons (Fsp3) is 0. The van der Waals surface area contributed by atoms with Gasteiger partial charge in [-0.2, -0.15) is 0 Å². The van der Waals surface area contributed by atoms with E-state index in [-0.39, 0.29) is 11.5 Å². The van der Waals surface area contributed by atoms with E-state index in [2.05, 4.69) is 5.32 Å². The first-order chi connectivity index (χ1) is 11.7. The first kappa shape index (κ1) is 15.6. The Balaban J connectivity index is 1.66. The predicted octanol–water partition coefficient (Wildman–Crippen LogP) is 4.87. The van der Waals surface area contributed by atoms with Crippen molar-refractivity contribution in [3.8, 4) is 16.9 Å². The Kier molecular flexibility index (Phi) is 4.73. The van der Waals surface area contributed by atoms with Gasteiger partial charge in [0.1, 0.15) is 5.75 Å². The standard InChI is InChI=1S/C21H17NO2/c23-20-8-4-7-19(15-20)22-14-13-21(24)18-11-9-17(10-12-18)16-5-2-1-3-6-16/h1-15,22-23H/b14-13-. The average molecular weight is 315 g/mol. The quantitative estimate of drug-likeness (QED) is 0.522. The molecule has 0 saturated carbocycles. The third-order valence-corrected chi connectivity index (χ3v) is 3.61. The number of phenolic OH excluding ortho intramolecular Hbond substituents is 1. The van der Waals surface area contributed by atoms with Gasteiger partial charge in [-0.25, -0.2) is 0 Å². The van der Waals surface area contributed by atoms with Crippen LogP contribution in [0.1, 0.15) is 10.4 Å². The molecule has 0 aliphatic carbocycles. The van der Waals surface area contributed by atoms with Gasteiger partial charge in [-0.1, -0.05) is 60.7 Å². The fourth-order valence-corrected chi connectivity index (χ4v) is 2.36. The summed E-state index contributed by atoms with van der Waals surface area (Å²) in [7, 11) is 0. The van der Waals surface area contributed by atoms with Gasteiger partial charge in [0.25, 0.3) is 0 Å². The molecule has 0 aliphatic rings. The number of anilines is 1. The lowest BCUT2D eigenvalue weighted by atomic mass is 10.0. The second kappa shape index (κ2) is 7.29. The molecule has 0 heterocycles. The van der Waals surface area contributed by atoms with Crippen LogP contribution in [0.25, 0.3) is 11.1 Å². The van der Waals surface area contributed by atoms with E-state index in [9.17, 15) is 9.90 Å². The Hall–Kier alpha value is -3.33. The molecule has 3 aromatic rings. The molecule has 0 amide bonds. The second-order valence-electron chi connectivity index (χ2n) is 5.34. The summed E-state index contributed by atoms with van der Waals surface area (Å²) < 4.78 is 0. The van der Waals surface area contributed by atoms with Gasteiger partial charge in [0.05, 0.1) is 0 Å². The SMILES string of the molecule is O=C(/C=C\Nc1cccc(O)c1)c1ccc(-c2ccccc2)cc1. The summed E-state index contributed by atoms with van der Waals surface area (Å²) in [5, 5.41) is 12.4. The van der Waals surface area contributed by atoms with Gasteiger partial charge in [0.2, 0.25) is 0 Å². The van der Waals surface area contributed by atoms with Crippen LogP contribution in [-0.2, 0) is 0 Å². The van der Waals surface area contributed by atoms with Gasteiger partial charge < -0.3 is 10.4 Å². The van der Waals surface area contributed by atoms with Crippen LogP contribution in [0.3, 0.4) is 0 Å². The van der Waals surface area contributed by atoms with E-state index in [0.717, 1.165) is 16.8 Å². The largest absolute Gasteiger partial charge is 0.508 e. The number of carbonyl (C=O) groups excluding carboxylic acids is 1. The van der Waals surface area contributed by atoms with Crippen molar-refractivity contribution >= 4 is 11.5 Å². The van der Waals surface area contributed by atoms with E-state index in [1.165, 1.54) is 6.08 Å². The Labute approximate surface area is 140 Å². The van der Waals surface area contributed by atoms with E-state index in [4.69, 9.17) is 0 Å². The first-order valence-corrected chi connectivity index (χ1v) is 7.64. The van der Waals surface area contributed by atoms with Gasteiger partial charge in [-0.15, -0.1) is 0 Å². The normalized spacial score (nSPS) is 10.7. The van der Waals surface area contributed by atoms with Crippen molar-refractivity contribution in [1.82, 2.24) is 0 Å². The van der Waals surface area contributed by atoms with Crippen LogP contribution >= 0.6 is 0 Å². The number of carbonyl (C=O) groups is 1. The van der Waals surface area contributed by atoms with E-state index >= 15 is 0 Å². The summed E-state index contributed by atoms with van der Waals surface area (Å²) >= 11 is 0. The Morgan fingerprint density at radius 3 is 2.25 bits per heavy atom. The molecule has 0 aromatic heterocycles. The number of hydrogen-bond acceptors (Lipinski definition) is 3. The minimum atomic E-state index is -0.0812. The number of nitrogens with one attached hydrogen (secondary N) is 1. The highest BCUT2D eigenvalue weighted by Gasteiger charge is 2.02. The highest BCUT2D eigenvalue weighted by atomic mass is 16.3. The van der Waals surface area contributed by atoms with Gasteiger partial charge in [-0.05, 0) is 23.3 Å². The second-order valence-corrected chi connectivity index (χ2v) is 5.34. The first-order valence-electron chi connectivity index (χ1n) is 7.64. The van der Waals surface area contributed by atoms with Crippen LogP contribution in [0.2, 0.25) is 0 Å². The molecule has 0 spiro atoms. The number of hydrogen-bond donors (Lipinski definition) is 2. The van der Waals surface area contributed by atoms with Crippen LogP contribution in [0.4, 0.5) is 5.69 Å². The van der Waals surface area contributed by atoms with Gasteiger partial charge >= 0.3 is 0 Å². The smallest absolute Gasteiger partial charge is 0.187 e. The molecule has 0 atom stereocenters.